The van der Waals surface area contributed by atoms with E-state index in [2.05, 4.69) is 15.4 Å². The predicted octanol–water partition coefficient (Wildman–Crippen LogP) is 3.11. The van der Waals surface area contributed by atoms with Gasteiger partial charge in [0.25, 0.3) is 0 Å². The van der Waals surface area contributed by atoms with Gasteiger partial charge in [0.2, 0.25) is 0 Å². The molecule has 1 rings (SSSR count). The molecule has 22 heavy (non-hydrogen) atoms. The lowest BCUT2D eigenvalue weighted by Crippen LogP contribution is -2.29. The molecule has 0 fully saturated rings. The van der Waals surface area contributed by atoms with Crippen LogP contribution in [0.3, 0.4) is 0 Å². The molecule has 0 atom stereocenters. The van der Waals surface area contributed by atoms with Gasteiger partial charge < -0.3 is 20.1 Å². The zero-order chi connectivity index (χ0) is 16.2. The van der Waals surface area contributed by atoms with Crippen molar-refractivity contribution in [3.05, 3.63) is 24.3 Å². The van der Waals surface area contributed by atoms with Gasteiger partial charge in [0.05, 0.1) is 13.7 Å². The summed E-state index contributed by atoms with van der Waals surface area (Å²) in [6, 6.07) is 7.66. The van der Waals surface area contributed by atoms with Crippen molar-refractivity contribution in [3.63, 3.8) is 0 Å². The second-order valence-corrected chi connectivity index (χ2v) is 5.13. The van der Waals surface area contributed by atoms with Gasteiger partial charge in [0, 0.05) is 18.7 Å². The first-order chi connectivity index (χ1) is 10.7. The van der Waals surface area contributed by atoms with Crippen LogP contribution >= 0.6 is 12.2 Å². The number of carbonyl (C=O) groups is 1. The van der Waals surface area contributed by atoms with E-state index in [1.165, 1.54) is 7.11 Å². The molecule has 0 radical (unpaired) electrons. The standard InChI is InChI=1S/C16H24N2O3S/c1-3-21-14-10-8-13(9-11-14)18-16(22)17-12-6-4-5-7-15(19)20-2/h8-11H,3-7,12H2,1-2H3,(H2,17,18,22). The first kappa shape index (κ1) is 18.2. The second-order valence-electron chi connectivity index (χ2n) is 4.73. The van der Waals surface area contributed by atoms with Crippen LogP contribution in [0.15, 0.2) is 24.3 Å². The largest absolute Gasteiger partial charge is 0.494 e. The van der Waals surface area contributed by atoms with Crippen molar-refractivity contribution >= 4 is 29.0 Å². The van der Waals surface area contributed by atoms with Gasteiger partial charge in [-0.2, -0.15) is 0 Å². The van der Waals surface area contributed by atoms with Gasteiger partial charge in [-0.15, -0.1) is 0 Å². The maximum Gasteiger partial charge on any atom is 0.305 e. The number of nitrogens with one attached hydrogen (secondary N) is 2. The van der Waals surface area contributed by atoms with Gasteiger partial charge in [0.1, 0.15) is 5.75 Å². The van der Waals surface area contributed by atoms with E-state index in [1.807, 2.05) is 31.2 Å². The summed E-state index contributed by atoms with van der Waals surface area (Å²) < 4.78 is 9.97. The zero-order valence-electron chi connectivity index (χ0n) is 13.2. The van der Waals surface area contributed by atoms with Crippen LogP contribution < -0.4 is 15.4 Å². The first-order valence-electron chi connectivity index (χ1n) is 7.50. The van der Waals surface area contributed by atoms with Crippen LogP contribution in [0.1, 0.15) is 32.6 Å². The average molecular weight is 324 g/mol. The van der Waals surface area contributed by atoms with Crippen LogP contribution in [0, 0.1) is 0 Å². The van der Waals surface area contributed by atoms with E-state index in [0.29, 0.717) is 18.1 Å². The molecule has 6 heteroatoms. The summed E-state index contributed by atoms with van der Waals surface area (Å²) in [5.74, 6) is 0.693. The fourth-order valence-electron chi connectivity index (χ4n) is 1.85. The summed E-state index contributed by atoms with van der Waals surface area (Å²) in [6.45, 7) is 3.39. The van der Waals surface area contributed by atoms with Gasteiger partial charge >= 0.3 is 5.97 Å². The van der Waals surface area contributed by atoms with E-state index >= 15 is 0 Å². The average Bonchev–Trinajstić information content (AvgIpc) is 2.52. The Morgan fingerprint density at radius 1 is 1.18 bits per heavy atom. The predicted molar refractivity (Wildman–Crippen MR) is 92.3 cm³/mol. The number of unbranched alkanes of at least 4 members (excludes halogenated alkanes) is 2. The van der Waals surface area contributed by atoms with E-state index in [4.69, 9.17) is 17.0 Å². The summed E-state index contributed by atoms with van der Waals surface area (Å²) in [4.78, 5) is 10.9. The summed E-state index contributed by atoms with van der Waals surface area (Å²) in [7, 11) is 1.41. The van der Waals surface area contributed by atoms with E-state index in [0.717, 1.165) is 37.2 Å². The smallest absolute Gasteiger partial charge is 0.305 e. The Labute approximate surface area is 137 Å². The molecule has 0 saturated carbocycles. The number of hydrogen-bond acceptors (Lipinski definition) is 4. The number of rotatable bonds is 9. The summed E-state index contributed by atoms with van der Waals surface area (Å²) in [5, 5.41) is 6.86. The Hall–Kier alpha value is -1.82. The lowest BCUT2D eigenvalue weighted by Gasteiger charge is -2.11. The van der Waals surface area contributed by atoms with Gasteiger partial charge in [-0.05, 0) is 56.2 Å². The van der Waals surface area contributed by atoms with E-state index in [1.54, 1.807) is 0 Å². The number of benzene rings is 1. The van der Waals surface area contributed by atoms with Crippen molar-refractivity contribution in [2.45, 2.75) is 32.6 Å². The Kier molecular flexibility index (Phi) is 8.98. The third kappa shape index (κ3) is 7.83. The van der Waals surface area contributed by atoms with Gasteiger partial charge in [0.15, 0.2) is 5.11 Å². The molecule has 0 amide bonds. The monoisotopic (exact) mass is 324 g/mol. The van der Waals surface area contributed by atoms with Crippen LogP contribution in [0.5, 0.6) is 5.75 Å². The number of esters is 1. The van der Waals surface area contributed by atoms with Crippen LogP contribution in [0.25, 0.3) is 0 Å². The Morgan fingerprint density at radius 2 is 1.91 bits per heavy atom. The van der Waals surface area contributed by atoms with E-state index in [9.17, 15) is 4.79 Å². The lowest BCUT2D eigenvalue weighted by atomic mass is 10.2. The minimum absolute atomic E-state index is 0.152. The van der Waals surface area contributed by atoms with Crippen molar-refractivity contribution in [2.75, 3.05) is 25.6 Å². The van der Waals surface area contributed by atoms with Crippen molar-refractivity contribution in [1.29, 1.82) is 0 Å². The van der Waals surface area contributed by atoms with E-state index < -0.39 is 0 Å². The first-order valence-corrected chi connectivity index (χ1v) is 7.91. The quantitative estimate of drug-likeness (QED) is 0.413. The number of ether oxygens (including phenoxy) is 2. The lowest BCUT2D eigenvalue weighted by molar-refractivity contribution is -0.140. The number of thiocarbonyl (C=S) groups is 1. The van der Waals surface area contributed by atoms with E-state index in [-0.39, 0.29) is 5.97 Å². The van der Waals surface area contributed by atoms with Crippen LogP contribution in [-0.4, -0.2) is 31.3 Å². The molecule has 0 saturated heterocycles. The highest BCUT2D eigenvalue weighted by molar-refractivity contribution is 7.80. The number of anilines is 1. The maximum atomic E-state index is 10.9. The molecule has 0 aliphatic carbocycles. The summed E-state index contributed by atoms with van der Waals surface area (Å²) >= 11 is 5.23. The molecule has 2 N–H and O–H groups in total. The highest BCUT2D eigenvalue weighted by Crippen LogP contribution is 2.15. The maximum absolute atomic E-state index is 10.9. The molecule has 0 aliphatic heterocycles. The SMILES string of the molecule is CCOc1ccc(NC(=S)NCCCCCC(=O)OC)cc1. The summed E-state index contributed by atoms with van der Waals surface area (Å²) in [6.07, 6.45) is 3.24. The Bertz CT molecular complexity index is 463. The minimum atomic E-state index is -0.152. The van der Waals surface area contributed by atoms with Crippen LogP contribution in [-0.2, 0) is 9.53 Å². The summed E-state index contributed by atoms with van der Waals surface area (Å²) in [5.41, 5.74) is 0.923. The number of methoxy groups -OCH3 is 1. The third-order valence-corrected chi connectivity index (χ3v) is 3.24. The fraction of sp³-hybridized carbons (Fsp3) is 0.500. The van der Waals surface area contributed by atoms with Gasteiger partial charge in [-0.25, -0.2) is 0 Å². The fourth-order valence-corrected chi connectivity index (χ4v) is 2.07. The zero-order valence-corrected chi connectivity index (χ0v) is 14.0. The van der Waals surface area contributed by atoms with Crippen LogP contribution in [0.4, 0.5) is 5.69 Å². The van der Waals surface area contributed by atoms with Crippen molar-refractivity contribution in [2.24, 2.45) is 0 Å². The molecule has 0 heterocycles. The molecule has 1 aromatic carbocycles. The minimum Gasteiger partial charge on any atom is -0.494 e. The second kappa shape index (κ2) is 10.8. The van der Waals surface area contributed by atoms with Crippen LogP contribution in [0.2, 0.25) is 0 Å². The van der Waals surface area contributed by atoms with Crippen molar-refractivity contribution in [1.82, 2.24) is 5.32 Å². The molecule has 0 aliphatic rings. The molecular formula is C16H24N2O3S. The molecule has 5 nitrogen and oxygen atoms in total. The highest BCUT2D eigenvalue weighted by Gasteiger charge is 2.00. The number of hydrogen-bond donors (Lipinski definition) is 2. The van der Waals surface area contributed by atoms with Crippen molar-refractivity contribution in [3.8, 4) is 5.75 Å². The van der Waals surface area contributed by atoms with Gasteiger partial charge in [-0.1, -0.05) is 6.42 Å². The third-order valence-electron chi connectivity index (χ3n) is 2.99. The highest BCUT2D eigenvalue weighted by atomic mass is 32.1. The molecule has 122 valence electrons. The Balaban J connectivity index is 2.14. The molecule has 0 bridgehead atoms. The molecule has 1 aromatic rings. The number of carbonyl (C=O) groups excluding carboxylic acids is 1. The molecule has 0 spiro atoms. The van der Waals surface area contributed by atoms with Crippen molar-refractivity contribution < 1.29 is 14.3 Å². The molecular weight excluding hydrogens is 300 g/mol. The normalized spacial score (nSPS) is 9.91. The van der Waals surface area contributed by atoms with Gasteiger partial charge in [-0.3, -0.25) is 4.79 Å². The molecule has 0 unspecified atom stereocenters. The molecule has 0 aromatic heterocycles. The Morgan fingerprint density at radius 3 is 2.55 bits per heavy atom. The topological polar surface area (TPSA) is 59.6 Å².